The van der Waals surface area contributed by atoms with E-state index in [0.29, 0.717) is 13.2 Å². The van der Waals surface area contributed by atoms with Gasteiger partial charge in [0.2, 0.25) is 0 Å². The Morgan fingerprint density at radius 2 is 1.40 bits per heavy atom. The molecule has 7 heteroatoms. The van der Waals surface area contributed by atoms with Gasteiger partial charge in [-0.3, -0.25) is 0 Å². The van der Waals surface area contributed by atoms with Crippen molar-refractivity contribution in [1.29, 1.82) is 0 Å². The largest absolute Gasteiger partial charge is 0.465 e. The number of carbonyl (C=O) groups excluding carboxylic acids is 1. The fourth-order valence-electron chi connectivity index (χ4n) is 1.22. The van der Waals surface area contributed by atoms with Gasteiger partial charge in [-0.15, -0.1) is 0 Å². The van der Waals surface area contributed by atoms with Gasteiger partial charge in [0.05, 0.1) is 38.4 Å². The smallest absolute Gasteiger partial charge is 0.340 e. The summed E-state index contributed by atoms with van der Waals surface area (Å²) >= 11 is 0. The molecule has 20 heavy (non-hydrogen) atoms. The third-order valence-electron chi connectivity index (χ3n) is 2.68. The molecule has 0 heterocycles. The van der Waals surface area contributed by atoms with Crippen LogP contribution in [0.5, 0.6) is 0 Å². The minimum absolute atomic E-state index is 0.0857. The standard InChI is InChI=1S/C13H24O7/c1-4-18-12(19-5-2)10(3)11(17)20-9-13(6-14,7-15)8-16/h14-16H,4-9H2,1-3H3. The summed E-state index contributed by atoms with van der Waals surface area (Å²) < 4.78 is 15.3. The zero-order valence-electron chi connectivity index (χ0n) is 12.2. The topological polar surface area (TPSA) is 105 Å². The normalized spacial score (nSPS) is 10.9. The summed E-state index contributed by atoms with van der Waals surface area (Å²) in [7, 11) is 0. The van der Waals surface area contributed by atoms with Crippen molar-refractivity contribution in [3.05, 3.63) is 11.5 Å². The van der Waals surface area contributed by atoms with Crippen LogP contribution < -0.4 is 0 Å². The predicted octanol–water partition coefficient (Wildman–Crippen LogP) is -0.203. The summed E-state index contributed by atoms with van der Waals surface area (Å²) in [6.07, 6.45) is 0. The second kappa shape index (κ2) is 9.57. The van der Waals surface area contributed by atoms with Crippen molar-refractivity contribution in [1.82, 2.24) is 0 Å². The maximum atomic E-state index is 11.8. The molecule has 0 aromatic rings. The molecule has 7 nitrogen and oxygen atoms in total. The number of aliphatic hydroxyl groups excluding tert-OH is 3. The SMILES string of the molecule is CCOC(OCC)=C(C)C(=O)OCC(CO)(CO)CO. The summed E-state index contributed by atoms with van der Waals surface area (Å²) in [5, 5.41) is 27.4. The Hall–Kier alpha value is -1.31. The predicted molar refractivity (Wildman–Crippen MR) is 70.6 cm³/mol. The number of ether oxygens (including phenoxy) is 3. The molecule has 0 unspecified atom stereocenters. The van der Waals surface area contributed by atoms with Crippen LogP contribution in [0, 0.1) is 5.41 Å². The first kappa shape index (κ1) is 18.7. The second-order valence-electron chi connectivity index (χ2n) is 4.33. The lowest BCUT2D eigenvalue weighted by atomic mass is 9.93. The summed E-state index contributed by atoms with van der Waals surface area (Å²) in [5.74, 6) is -0.607. The van der Waals surface area contributed by atoms with Crippen LogP contribution in [0.3, 0.4) is 0 Å². The molecule has 0 aliphatic heterocycles. The quantitative estimate of drug-likeness (QED) is 0.291. The fraction of sp³-hybridized carbons (Fsp3) is 0.769. The fourth-order valence-corrected chi connectivity index (χ4v) is 1.22. The van der Waals surface area contributed by atoms with E-state index in [9.17, 15) is 4.79 Å². The molecule has 0 spiro atoms. The molecule has 0 bridgehead atoms. The second-order valence-corrected chi connectivity index (χ2v) is 4.33. The van der Waals surface area contributed by atoms with Crippen LogP contribution in [-0.2, 0) is 19.0 Å². The van der Waals surface area contributed by atoms with Crippen molar-refractivity contribution in [3.8, 4) is 0 Å². The molecule has 0 aliphatic rings. The van der Waals surface area contributed by atoms with Crippen molar-refractivity contribution >= 4 is 5.97 Å². The molecule has 0 aromatic carbocycles. The molecule has 0 aliphatic carbocycles. The Morgan fingerprint density at radius 3 is 1.75 bits per heavy atom. The van der Waals surface area contributed by atoms with Gasteiger partial charge in [0.15, 0.2) is 0 Å². The molecule has 0 saturated carbocycles. The highest BCUT2D eigenvalue weighted by Gasteiger charge is 2.30. The van der Waals surface area contributed by atoms with Crippen molar-refractivity contribution in [2.24, 2.45) is 5.41 Å². The molecule has 0 rings (SSSR count). The van der Waals surface area contributed by atoms with E-state index in [0.717, 1.165) is 0 Å². The third kappa shape index (κ3) is 5.36. The van der Waals surface area contributed by atoms with Gasteiger partial charge in [0.1, 0.15) is 12.2 Å². The molecular formula is C13H24O7. The Bertz CT molecular complexity index is 304. The molecule has 3 N–H and O–H groups in total. The number of esters is 1. The maximum Gasteiger partial charge on any atom is 0.340 e. The molecule has 0 radical (unpaired) electrons. The van der Waals surface area contributed by atoms with Gasteiger partial charge in [-0.1, -0.05) is 0 Å². The monoisotopic (exact) mass is 292 g/mol. The highest BCUT2D eigenvalue weighted by molar-refractivity contribution is 5.88. The Kier molecular flexibility index (Phi) is 8.94. The zero-order valence-corrected chi connectivity index (χ0v) is 12.2. The average Bonchev–Trinajstić information content (AvgIpc) is 2.48. The number of rotatable bonds is 10. The zero-order chi connectivity index (χ0) is 15.6. The van der Waals surface area contributed by atoms with Crippen LogP contribution >= 0.6 is 0 Å². The van der Waals surface area contributed by atoms with Crippen molar-refractivity contribution in [2.45, 2.75) is 20.8 Å². The summed E-state index contributed by atoms with van der Waals surface area (Å²) in [6, 6.07) is 0. The van der Waals surface area contributed by atoms with Crippen molar-refractivity contribution in [3.63, 3.8) is 0 Å². The first-order valence-electron chi connectivity index (χ1n) is 6.46. The highest BCUT2D eigenvalue weighted by atomic mass is 16.7. The summed E-state index contributed by atoms with van der Waals surface area (Å²) in [5.41, 5.74) is -1.11. The van der Waals surface area contributed by atoms with E-state index >= 15 is 0 Å². The average molecular weight is 292 g/mol. The van der Waals surface area contributed by atoms with Crippen LogP contribution in [0.4, 0.5) is 0 Å². The molecule has 118 valence electrons. The lowest BCUT2D eigenvalue weighted by Gasteiger charge is -2.26. The van der Waals surface area contributed by atoms with Crippen LogP contribution in [0.2, 0.25) is 0 Å². The Morgan fingerprint density at radius 1 is 0.950 bits per heavy atom. The van der Waals surface area contributed by atoms with Gasteiger partial charge in [0.25, 0.3) is 5.95 Å². The van der Waals surface area contributed by atoms with Crippen LogP contribution in [0.25, 0.3) is 0 Å². The van der Waals surface area contributed by atoms with E-state index < -0.39 is 31.2 Å². The van der Waals surface area contributed by atoms with E-state index in [2.05, 4.69) is 0 Å². The molecule has 0 atom stereocenters. The van der Waals surface area contributed by atoms with Gasteiger partial charge in [-0.25, -0.2) is 4.79 Å². The molecular weight excluding hydrogens is 268 g/mol. The van der Waals surface area contributed by atoms with Gasteiger partial charge < -0.3 is 29.5 Å². The minimum atomic E-state index is -1.26. The van der Waals surface area contributed by atoms with Gasteiger partial charge in [-0.05, 0) is 20.8 Å². The van der Waals surface area contributed by atoms with Gasteiger partial charge >= 0.3 is 5.97 Å². The Labute approximate surface area is 118 Å². The van der Waals surface area contributed by atoms with Crippen LogP contribution in [0.1, 0.15) is 20.8 Å². The summed E-state index contributed by atoms with van der Waals surface area (Å²) in [6.45, 7) is 3.87. The molecule has 0 fully saturated rings. The lowest BCUT2D eigenvalue weighted by Crippen LogP contribution is -2.39. The van der Waals surface area contributed by atoms with E-state index in [4.69, 9.17) is 29.5 Å². The van der Waals surface area contributed by atoms with Gasteiger partial charge in [0, 0.05) is 0 Å². The van der Waals surface area contributed by atoms with Gasteiger partial charge in [-0.2, -0.15) is 0 Å². The number of aliphatic hydroxyl groups is 3. The minimum Gasteiger partial charge on any atom is -0.465 e. The number of hydrogen-bond acceptors (Lipinski definition) is 7. The highest BCUT2D eigenvalue weighted by Crippen LogP contribution is 2.17. The van der Waals surface area contributed by atoms with Crippen molar-refractivity contribution in [2.75, 3.05) is 39.6 Å². The first-order valence-corrected chi connectivity index (χ1v) is 6.46. The number of carbonyl (C=O) groups is 1. The van der Waals surface area contributed by atoms with Crippen molar-refractivity contribution < 1.29 is 34.3 Å². The number of hydrogen-bond donors (Lipinski definition) is 3. The lowest BCUT2D eigenvalue weighted by molar-refractivity contribution is -0.147. The molecule has 0 amide bonds. The van der Waals surface area contributed by atoms with E-state index in [1.807, 2.05) is 0 Å². The maximum absolute atomic E-state index is 11.8. The summed E-state index contributed by atoms with van der Waals surface area (Å²) in [4.78, 5) is 11.8. The van der Waals surface area contributed by atoms with Crippen LogP contribution in [-0.4, -0.2) is 60.9 Å². The van der Waals surface area contributed by atoms with Crippen LogP contribution in [0.15, 0.2) is 11.5 Å². The third-order valence-corrected chi connectivity index (χ3v) is 2.68. The van der Waals surface area contributed by atoms with E-state index in [1.165, 1.54) is 6.92 Å². The van der Waals surface area contributed by atoms with E-state index in [1.54, 1.807) is 13.8 Å². The first-order chi connectivity index (χ1) is 9.50. The van der Waals surface area contributed by atoms with E-state index in [-0.39, 0.29) is 18.1 Å². The Balaban J connectivity index is 4.77. The molecule has 0 saturated heterocycles. The molecule has 0 aromatic heterocycles.